The maximum Gasteiger partial charge on any atom is 0.242 e. The van der Waals surface area contributed by atoms with E-state index in [1.54, 1.807) is 12.3 Å². The molecule has 1 aromatic heterocycles. The number of rotatable bonds is 5. The summed E-state index contributed by atoms with van der Waals surface area (Å²) >= 11 is 7.40. The molecular weight excluding hydrogens is 318 g/mol. The van der Waals surface area contributed by atoms with E-state index in [0.29, 0.717) is 5.56 Å². The summed E-state index contributed by atoms with van der Waals surface area (Å²) in [5.41, 5.74) is 6.23. The van der Waals surface area contributed by atoms with E-state index in [1.165, 1.54) is 23.5 Å². The first-order valence-corrected chi connectivity index (χ1v) is 8.49. The zero-order chi connectivity index (χ0) is 14.8. The van der Waals surface area contributed by atoms with Crippen molar-refractivity contribution in [2.75, 3.05) is 0 Å². The molecule has 0 aliphatic rings. The number of aryl methyl sites for hydroxylation is 1. The molecule has 2 aromatic rings. The van der Waals surface area contributed by atoms with Gasteiger partial charge >= 0.3 is 0 Å². The van der Waals surface area contributed by atoms with Crippen molar-refractivity contribution in [3.63, 3.8) is 0 Å². The molecule has 0 aliphatic heterocycles. The van der Waals surface area contributed by atoms with Crippen LogP contribution in [0.1, 0.15) is 15.4 Å². The maximum atomic E-state index is 12.2. The summed E-state index contributed by atoms with van der Waals surface area (Å²) < 4.78 is 27.0. The quantitative estimate of drug-likeness (QED) is 0.878. The lowest BCUT2D eigenvalue weighted by Gasteiger charge is -2.09. The Morgan fingerprint density at radius 2 is 2.20 bits per heavy atom. The molecule has 108 valence electrons. The normalized spacial score (nSPS) is 11.8. The van der Waals surface area contributed by atoms with E-state index < -0.39 is 10.0 Å². The number of nitrogens with two attached hydrogens (primary N) is 1. The van der Waals surface area contributed by atoms with Crippen LogP contribution in [0.2, 0.25) is 5.02 Å². The van der Waals surface area contributed by atoms with Crippen LogP contribution in [0.4, 0.5) is 0 Å². The first-order valence-electron chi connectivity index (χ1n) is 5.82. The Bertz CT molecular complexity index is 713. The maximum absolute atomic E-state index is 12.2. The van der Waals surface area contributed by atoms with Gasteiger partial charge in [0.15, 0.2) is 0 Å². The van der Waals surface area contributed by atoms with Crippen LogP contribution in [0.5, 0.6) is 0 Å². The Kier molecular flexibility index (Phi) is 4.77. The number of nitrogens with one attached hydrogen (secondary N) is 1. The Balaban J connectivity index is 2.21. The molecule has 0 saturated heterocycles. The Hall–Kier alpha value is -0.990. The predicted octanol–water partition coefficient (Wildman–Crippen LogP) is 2.04. The van der Waals surface area contributed by atoms with Crippen molar-refractivity contribution in [1.29, 1.82) is 0 Å². The van der Waals surface area contributed by atoms with Gasteiger partial charge in [-0.25, -0.2) is 18.1 Å². The summed E-state index contributed by atoms with van der Waals surface area (Å²) in [4.78, 5) is 4.97. The van der Waals surface area contributed by atoms with Gasteiger partial charge in [-0.2, -0.15) is 0 Å². The molecule has 1 aromatic carbocycles. The van der Waals surface area contributed by atoms with Gasteiger partial charge in [-0.15, -0.1) is 11.3 Å². The fourth-order valence-corrected chi connectivity index (χ4v) is 3.99. The average Bonchev–Trinajstić information content (AvgIpc) is 2.83. The Morgan fingerprint density at radius 3 is 2.80 bits per heavy atom. The highest BCUT2D eigenvalue weighted by Gasteiger charge is 2.18. The summed E-state index contributed by atoms with van der Waals surface area (Å²) in [7, 11) is -3.67. The minimum absolute atomic E-state index is 0.0448. The lowest BCUT2D eigenvalue weighted by atomic mass is 10.2. The third-order valence-corrected chi connectivity index (χ3v) is 5.42. The number of nitrogens with zero attached hydrogens (tertiary/aromatic N) is 1. The van der Waals surface area contributed by atoms with Gasteiger partial charge in [0, 0.05) is 24.2 Å². The third-order valence-electron chi connectivity index (χ3n) is 2.63. The van der Waals surface area contributed by atoms with Crippen LogP contribution in [0.3, 0.4) is 0 Å². The molecule has 0 saturated carbocycles. The number of thiazole rings is 1. The predicted molar refractivity (Wildman–Crippen MR) is 80.2 cm³/mol. The van der Waals surface area contributed by atoms with Gasteiger partial charge in [0.2, 0.25) is 10.0 Å². The molecule has 0 fully saturated rings. The van der Waals surface area contributed by atoms with Crippen LogP contribution in [0.25, 0.3) is 0 Å². The lowest BCUT2D eigenvalue weighted by molar-refractivity contribution is 0.581. The fourth-order valence-electron chi connectivity index (χ4n) is 1.61. The summed E-state index contributed by atoms with van der Waals surface area (Å²) in [5.74, 6) is 0. The largest absolute Gasteiger partial charge is 0.326 e. The van der Waals surface area contributed by atoms with Gasteiger partial charge in [-0.05, 0) is 24.6 Å². The molecule has 0 unspecified atom stereocenters. The van der Waals surface area contributed by atoms with Crippen molar-refractivity contribution < 1.29 is 8.42 Å². The van der Waals surface area contributed by atoms with E-state index in [0.717, 1.165) is 9.88 Å². The SMILES string of the molecule is Cc1ncc(CNS(=O)(=O)c2cc(CN)ccc2Cl)s1. The van der Waals surface area contributed by atoms with Crippen LogP contribution < -0.4 is 10.5 Å². The van der Waals surface area contributed by atoms with Crippen molar-refractivity contribution in [3.8, 4) is 0 Å². The highest BCUT2D eigenvalue weighted by Crippen LogP contribution is 2.23. The van der Waals surface area contributed by atoms with Crippen molar-refractivity contribution in [2.24, 2.45) is 5.73 Å². The molecule has 0 aliphatic carbocycles. The standard InChI is InChI=1S/C12H14ClN3O2S2/c1-8-15-6-10(19-8)7-16-20(17,18)12-4-9(5-14)2-3-11(12)13/h2-4,6,16H,5,7,14H2,1H3. The first kappa shape index (κ1) is 15.4. The van der Waals surface area contributed by atoms with E-state index in [-0.39, 0.29) is 23.0 Å². The summed E-state index contributed by atoms with van der Waals surface area (Å²) in [5, 5.41) is 1.07. The molecule has 0 bridgehead atoms. The van der Waals surface area contributed by atoms with E-state index in [4.69, 9.17) is 17.3 Å². The summed E-state index contributed by atoms with van der Waals surface area (Å²) in [6.07, 6.45) is 1.65. The zero-order valence-corrected chi connectivity index (χ0v) is 13.1. The van der Waals surface area contributed by atoms with Crippen LogP contribution in [-0.4, -0.2) is 13.4 Å². The van der Waals surface area contributed by atoms with Crippen molar-refractivity contribution in [1.82, 2.24) is 9.71 Å². The average molecular weight is 332 g/mol. The second-order valence-corrected chi connectivity index (χ2v) is 7.60. The summed E-state index contributed by atoms with van der Waals surface area (Å²) in [6, 6.07) is 4.73. The minimum atomic E-state index is -3.67. The van der Waals surface area contributed by atoms with Crippen molar-refractivity contribution in [3.05, 3.63) is 44.9 Å². The van der Waals surface area contributed by atoms with Crippen LogP contribution in [0.15, 0.2) is 29.3 Å². The molecule has 0 spiro atoms. The number of aromatic nitrogens is 1. The Morgan fingerprint density at radius 1 is 1.45 bits per heavy atom. The molecular formula is C12H14ClN3O2S2. The van der Waals surface area contributed by atoms with Gasteiger partial charge in [0.25, 0.3) is 0 Å². The molecule has 3 N–H and O–H groups in total. The number of hydrogen-bond acceptors (Lipinski definition) is 5. The number of sulfonamides is 1. The molecule has 0 amide bonds. The van der Waals surface area contributed by atoms with Crippen molar-refractivity contribution in [2.45, 2.75) is 24.9 Å². The van der Waals surface area contributed by atoms with Gasteiger partial charge in [-0.1, -0.05) is 17.7 Å². The monoisotopic (exact) mass is 331 g/mol. The smallest absolute Gasteiger partial charge is 0.242 e. The highest BCUT2D eigenvalue weighted by molar-refractivity contribution is 7.89. The Labute approximate surface area is 126 Å². The molecule has 1 heterocycles. The van der Waals surface area contributed by atoms with E-state index in [1.807, 2.05) is 6.92 Å². The number of halogens is 1. The molecule has 8 heteroatoms. The van der Waals surface area contributed by atoms with Gasteiger partial charge in [-0.3, -0.25) is 0 Å². The molecule has 2 rings (SSSR count). The molecule has 0 atom stereocenters. The molecule has 0 radical (unpaired) electrons. The number of hydrogen-bond donors (Lipinski definition) is 2. The van der Waals surface area contributed by atoms with Gasteiger partial charge in [0.05, 0.1) is 10.0 Å². The summed E-state index contributed by atoms with van der Waals surface area (Å²) in [6.45, 7) is 2.31. The van der Waals surface area contributed by atoms with Crippen LogP contribution in [0, 0.1) is 6.92 Å². The van der Waals surface area contributed by atoms with E-state index in [2.05, 4.69) is 9.71 Å². The lowest BCUT2D eigenvalue weighted by Crippen LogP contribution is -2.23. The zero-order valence-electron chi connectivity index (χ0n) is 10.8. The van der Waals surface area contributed by atoms with Gasteiger partial charge in [0.1, 0.15) is 4.90 Å². The topological polar surface area (TPSA) is 85.1 Å². The van der Waals surface area contributed by atoms with Crippen molar-refractivity contribution >= 4 is 33.0 Å². The number of benzene rings is 1. The van der Waals surface area contributed by atoms with Crippen LogP contribution >= 0.6 is 22.9 Å². The van der Waals surface area contributed by atoms with E-state index >= 15 is 0 Å². The first-order chi connectivity index (χ1) is 9.42. The third kappa shape index (κ3) is 3.56. The highest BCUT2D eigenvalue weighted by atomic mass is 35.5. The molecule has 20 heavy (non-hydrogen) atoms. The minimum Gasteiger partial charge on any atom is -0.326 e. The van der Waals surface area contributed by atoms with Gasteiger partial charge < -0.3 is 5.73 Å². The van der Waals surface area contributed by atoms with Crippen LogP contribution in [-0.2, 0) is 23.1 Å². The molecule has 5 nitrogen and oxygen atoms in total. The fraction of sp³-hybridized carbons (Fsp3) is 0.250. The second-order valence-electron chi connectivity index (χ2n) is 4.14. The second kappa shape index (κ2) is 6.19. The van der Waals surface area contributed by atoms with E-state index in [9.17, 15) is 8.42 Å².